The van der Waals surface area contributed by atoms with Gasteiger partial charge in [-0.25, -0.2) is 4.79 Å². The number of aryl methyl sites for hydroxylation is 1. The van der Waals surface area contributed by atoms with Crippen LogP contribution in [0.25, 0.3) is 6.08 Å². The summed E-state index contributed by atoms with van der Waals surface area (Å²) in [4.78, 5) is 57.4. The summed E-state index contributed by atoms with van der Waals surface area (Å²) in [6, 6.07) is 33.7. The first kappa shape index (κ1) is 37.3. The van der Waals surface area contributed by atoms with Gasteiger partial charge >= 0.3 is 5.97 Å². The molecule has 9 nitrogen and oxygen atoms in total. The van der Waals surface area contributed by atoms with Crippen LogP contribution >= 0.6 is 23.1 Å². The van der Waals surface area contributed by atoms with E-state index < -0.39 is 23.0 Å². The van der Waals surface area contributed by atoms with Crippen LogP contribution in [0.4, 0.5) is 10.7 Å². The van der Waals surface area contributed by atoms with Gasteiger partial charge in [0.2, 0.25) is 5.91 Å². The molecule has 5 aromatic rings. The molecule has 11 heteroatoms. The van der Waals surface area contributed by atoms with Crippen molar-refractivity contribution in [2.45, 2.75) is 43.5 Å². The minimum absolute atomic E-state index is 0.0854. The molecule has 0 radical (unpaired) electrons. The van der Waals surface area contributed by atoms with E-state index in [1.54, 1.807) is 55.5 Å². The summed E-state index contributed by atoms with van der Waals surface area (Å²) < 4.78 is 5.14. The minimum atomic E-state index is -0.540. The lowest BCUT2D eigenvalue weighted by Crippen LogP contribution is -2.30. The van der Waals surface area contributed by atoms with Gasteiger partial charge in [-0.15, -0.1) is 23.1 Å². The van der Waals surface area contributed by atoms with Gasteiger partial charge < -0.3 is 20.7 Å². The average Bonchev–Trinajstić information content (AvgIpc) is 3.52. The Labute approximate surface area is 317 Å². The first-order valence-corrected chi connectivity index (χ1v) is 18.9. The Kier molecular flexibility index (Phi) is 12.2. The molecule has 1 aliphatic heterocycles. The van der Waals surface area contributed by atoms with E-state index in [1.165, 1.54) is 35.8 Å². The highest BCUT2D eigenvalue weighted by atomic mass is 32.2. The molecule has 53 heavy (non-hydrogen) atoms. The van der Waals surface area contributed by atoms with Crippen LogP contribution in [0.3, 0.4) is 0 Å². The van der Waals surface area contributed by atoms with Gasteiger partial charge in [-0.1, -0.05) is 78.9 Å². The number of fused-ring (bicyclic) bond motifs is 1. The number of ether oxygens (including phenoxy) is 1. The smallest absolute Gasteiger partial charge is 0.341 e. The molecule has 1 atom stereocenters. The Balaban J connectivity index is 1.14. The van der Waals surface area contributed by atoms with Crippen molar-refractivity contribution in [1.29, 1.82) is 0 Å². The highest BCUT2D eigenvalue weighted by Crippen LogP contribution is 2.38. The maximum absolute atomic E-state index is 13.6. The Morgan fingerprint density at radius 2 is 1.62 bits per heavy atom. The molecule has 0 spiro atoms. The van der Waals surface area contributed by atoms with Gasteiger partial charge in [-0.2, -0.15) is 0 Å². The second-order valence-electron chi connectivity index (χ2n) is 12.6. The second kappa shape index (κ2) is 17.4. The Morgan fingerprint density at radius 3 is 2.36 bits per heavy atom. The lowest BCUT2D eigenvalue weighted by molar-refractivity contribution is -0.115. The third-order valence-electron chi connectivity index (χ3n) is 8.80. The number of nitrogens with one attached hydrogen (secondary N) is 3. The SMILES string of the molecule is COC(=O)c1c(NC(=O)C(C)Sc2cccc(NC(=O)/C(=C/c3ccccc3C)NC(=O)c3ccccc3)c2)sc2c1CCN(Cc1ccccc1)C2. The third kappa shape index (κ3) is 9.50. The fourth-order valence-electron chi connectivity index (χ4n) is 6.00. The standard InChI is InChI=1S/C42H40N4O5S2/c1-27-13-10-11-18-31(27)23-35(44-39(48)30-16-8-5-9-17-30)40(49)43-32-19-12-20-33(24-32)52-28(2)38(47)45-41-37(42(50)51-3)34-21-22-46(26-36(34)53-41)25-29-14-6-4-7-15-29/h4-20,23-24,28H,21-22,25-26H2,1-3H3,(H,43,49)(H,44,48)(H,45,47)/b35-23-. The summed E-state index contributed by atoms with van der Waals surface area (Å²) in [6.07, 6.45) is 2.34. The summed E-state index contributed by atoms with van der Waals surface area (Å²) in [6.45, 7) is 5.99. The monoisotopic (exact) mass is 744 g/mol. The predicted molar refractivity (Wildman–Crippen MR) is 212 cm³/mol. The number of rotatable bonds is 12. The molecule has 0 saturated carbocycles. The maximum Gasteiger partial charge on any atom is 0.341 e. The molecule has 3 N–H and O–H groups in total. The Hall–Kier alpha value is -5.49. The average molecular weight is 745 g/mol. The predicted octanol–water partition coefficient (Wildman–Crippen LogP) is 7.93. The molecule has 0 saturated heterocycles. The normalized spacial score (nSPS) is 13.4. The van der Waals surface area contributed by atoms with Gasteiger partial charge in [0.15, 0.2) is 0 Å². The summed E-state index contributed by atoms with van der Waals surface area (Å²) >= 11 is 2.74. The number of thioether (sulfide) groups is 1. The van der Waals surface area contributed by atoms with Crippen molar-refractivity contribution < 1.29 is 23.9 Å². The van der Waals surface area contributed by atoms with Gasteiger partial charge in [0.1, 0.15) is 10.7 Å². The molecule has 270 valence electrons. The molecule has 1 unspecified atom stereocenters. The van der Waals surface area contributed by atoms with Gasteiger partial charge in [0.25, 0.3) is 11.8 Å². The molecular weight excluding hydrogens is 705 g/mol. The minimum Gasteiger partial charge on any atom is -0.465 e. The van der Waals surface area contributed by atoms with Crippen LogP contribution in [0.1, 0.15) is 54.8 Å². The van der Waals surface area contributed by atoms with E-state index in [9.17, 15) is 19.2 Å². The third-order valence-corrected chi connectivity index (χ3v) is 11.0. The lowest BCUT2D eigenvalue weighted by atomic mass is 10.0. The molecule has 4 aromatic carbocycles. The molecule has 6 rings (SSSR count). The number of methoxy groups -OCH3 is 1. The highest BCUT2D eigenvalue weighted by molar-refractivity contribution is 8.00. The van der Waals surface area contributed by atoms with Crippen molar-refractivity contribution in [2.75, 3.05) is 24.3 Å². The van der Waals surface area contributed by atoms with Crippen molar-refractivity contribution in [3.63, 3.8) is 0 Å². The number of hydrogen-bond donors (Lipinski definition) is 3. The molecule has 2 heterocycles. The van der Waals surface area contributed by atoms with E-state index in [4.69, 9.17) is 4.74 Å². The van der Waals surface area contributed by atoms with Gasteiger partial charge in [0, 0.05) is 40.7 Å². The van der Waals surface area contributed by atoms with Gasteiger partial charge in [0.05, 0.1) is 17.9 Å². The highest BCUT2D eigenvalue weighted by Gasteiger charge is 2.30. The summed E-state index contributed by atoms with van der Waals surface area (Å²) in [5.74, 6) is -1.63. The van der Waals surface area contributed by atoms with E-state index in [0.29, 0.717) is 34.8 Å². The molecule has 3 amide bonds. The zero-order chi connectivity index (χ0) is 37.3. The van der Waals surface area contributed by atoms with Crippen LogP contribution < -0.4 is 16.0 Å². The van der Waals surface area contributed by atoms with Gasteiger partial charge in [-0.05, 0) is 78.9 Å². The first-order valence-electron chi connectivity index (χ1n) is 17.2. The number of anilines is 2. The number of thiophene rings is 1. The zero-order valence-electron chi connectivity index (χ0n) is 29.7. The molecule has 0 bridgehead atoms. The Bertz CT molecular complexity index is 2150. The van der Waals surface area contributed by atoms with Crippen LogP contribution in [0.15, 0.2) is 120 Å². The fourth-order valence-corrected chi connectivity index (χ4v) is 8.21. The zero-order valence-corrected chi connectivity index (χ0v) is 31.3. The first-order chi connectivity index (χ1) is 25.7. The quantitative estimate of drug-likeness (QED) is 0.0675. The van der Waals surface area contributed by atoms with E-state index >= 15 is 0 Å². The van der Waals surface area contributed by atoms with Crippen molar-refractivity contribution >= 4 is 63.6 Å². The molecule has 1 aliphatic rings. The number of carbonyl (C=O) groups excluding carboxylic acids is 4. The lowest BCUT2D eigenvalue weighted by Gasteiger charge is -2.27. The van der Waals surface area contributed by atoms with Crippen molar-refractivity contribution in [3.8, 4) is 0 Å². The van der Waals surface area contributed by atoms with E-state index in [1.807, 2.05) is 61.5 Å². The fraction of sp³-hybridized carbons (Fsp3) is 0.190. The van der Waals surface area contributed by atoms with Crippen LogP contribution in [-0.2, 0) is 33.8 Å². The van der Waals surface area contributed by atoms with Crippen molar-refractivity contribution in [2.24, 2.45) is 0 Å². The number of hydrogen-bond acceptors (Lipinski definition) is 8. The van der Waals surface area contributed by atoms with Crippen LogP contribution in [-0.4, -0.2) is 47.5 Å². The molecule has 1 aromatic heterocycles. The summed E-state index contributed by atoms with van der Waals surface area (Å²) in [5.41, 5.74) is 5.33. The molecule has 0 aliphatic carbocycles. The van der Waals surface area contributed by atoms with E-state index in [2.05, 4.69) is 33.0 Å². The summed E-state index contributed by atoms with van der Waals surface area (Å²) in [7, 11) is 1.35. The maximum atomic E-state index is 13.6. The number of amides is 3. The van der Waals surface area contributed by atoms with Crippen LogP contribution in [0.2, 0.25) is 0 Å². The van der Waals surface area contributed by atoms with Gasteiger partial charge in [-0.3, -0.25) is 19.3 Å². The molecular formula is C42H40N4O5S2. The number of carbonyl (C=O) groups is 4. The summed E-state index contributed by atoms with van der Waals surface area (Å²) in [5, 5.41) is 8.65. The van der Waals surface area contributed by atoms with E-state index in [0.717, 1.165) is 39.6 Å². The Morgan fingerprint density at radius 1 is 0.906 bits per heavy atom. The van der Waals surface area contributed by atoms with Crippen LogP contribution in [0.5, 0.6) is 0 Å². The number of benzene rings is 4. The van der Waals surface area contributed by atoms with Crippen molar-refractivity contribution in [1.82, 2.24) is 10.2 Å². The second-order valence-corrected chi connectivity index (χ2v) is 15.1. The van der Waals surface area contributed by atoms with Crippen molar-refractivity contribution in [3.05, 3.63) is 153 Å². The number of esters is 1. The molecule has 0 fully saturated rings. The van der Waals surface area contributed by atoms with E-state index in [-0.39, 0.29) is 11.6 Å². The van der Waals surface area contributed by atoms with Crippen LogP contribution in [0, 0.1) is 6.92 Å². The topological polar surface area (TPSA) is 117 Å². The number of nitrogens with zero attached hydrogens (tertiary/aromatic N) is 1. The largest absolute Gasteiger partial charge is 0.465 e.